The number of aliphatic carboxylic acids is 1. The van der Waals surface area contributed by atoms with Gasteiger partial charge in [-0.1, -0.05) is 24.3 Å². The van der Waals surface area contributed by atoms with Gasteiger partial charge < -0.3 is 23.9 Å². The van der Waals surface area contributed by atoms with Crippen molar-refractivity contribution in [1.82, 2.24) is 0 Å². The van der Waals surface area contributed by atoms with Crippen molar-refractivity contribution < 1.29 is 28.7 Å². The highest BCUT2D eigenvalue weighted by Gasteiger charge is 2.26. The second-order valence-electron chi connectivity index (χ2n) is 10.2. The van der Waals surface area contributed by atoms with Crippen molar-refractivity contribution >= 4 is 13.1 Å². The van der Waals surface area contributed by atoms with E-state index < -0.39 is 13.1 Å². The summed E-state index contributed by atoms with van der Waals surface area (Å²) < 4.78 is 29.6. The number of hydrogen-bond donors (Lipinski definition) is 1. The molecule has 1 atom stereocenters. The van der Waals surface area contributed by atoms with Crippen LogP contribution in [0, 0.1) is 13.8 Å². The minimum atomic E-state index is -2.01. The zero-order valence-corrected chi connectivity index (χ0v) is 22.8. The topological polar surface area (TPSA) is 82.1 Å². The van der Waals surface area contributed by atoms with Crippen LogP contribution in [-0.2, 0) is 16.0 Å². The third-order valence-corrected chi connectivity index (χ3v) is 7.92. The standard InChI is InChI=1S/C30H35O6P/c1-20-13-26(34-11-6-12-37(3,4)33)14-21(2)30(20)23-8-5-7-22(15-23)18-35-25-9-10-27-24(16-29(31)32)19-36-28(27)17-25/h5,7-10,13-15,17,24H,6,11-12,16,18-19H2,1-4H3,(H,31,32). The Balaban J connectivity index is 1.41. The van der Waals surface area contributed by atoms with Gasteiger partial charge in [0.2, 0.25) is 0 Å². The molecule has 196 valence electrons. The van der Waals surface area contributed by atoms with Gasteiger partial charge in [-0.25, -0.2) is 0 Å². The highest BCUT2D eigenvalue weighted by molar-refractivity contribution is 7.62. The zero-order chi connectivity index (χ0) is 26.6. The van der Waals surface area contributed by atoms with Crippen LogP contribution in [0.25, 0.3) is 11.1 Å². The minimum absolute atomic E-state index is 0.0623. The highest BCUT2D eigenvalue weighted by Crippen LogP contribution is 2.39. The predicted molar refractivity (Wildman–Crippen MR) is 147 cm³/mol. The van der Waals surface area contributed by atoms with Gasteiger partial charge in [-0.3, -0.25) is 4.79 Å². The summed E-state index contributed by atoms with van der Waals surface area (Å²) in [6.45, 7) is 9.16. The third kappa shape index (κ3) is 7.17. The maximum absolute atomic E-state index is 11.9. The van der Waals surface area contributed by atoms with Gasteiger partial charge in [-0.2, -0.15) is 0 Å². The summed E-state index contributed by atoms with van der Waals surface area (Å²) in [4.78, 5) is 11.1. The molecule has 7 heteroatoms. The molecule has 1 heterocycles. The van der Waals surface area contributed by atoms with Crippen LogP contribution < -0.4 is 14.2 Å². The van der Waals surface area contributed by atoms with Crippen molar-refractivity contribution in [2.24, 2.45) is 0 Å². The molecule has 0 saturated carbocycles. The Bertz CT molecular complexity index is 1300. The number of fused-ring (bicyclic) bond motifs is 1. The van der Waals surface area contributed by atoms with Gasteiger partial charge in [-0.15, -0.1) is 0 Å². The van der Waals surface area contributed by atoms with Crippen LogP contribution >= 0.6 is 7.14 Å². The van der Waals surface area contributed by atoms with E-state index in [4.69, 9.17) is 19.3 Å². The summed E-state index contributed by atoms with van der Waals surface area (Å²) in [7, 11) is -2.01. The van der Waals surface area contributed by atoms with E-state index in [1.165, 1.54) is 5.56 Å². The highest BCUT2D eigenvalue weighted by atomic mass is 31.2. The van der Waals surface area contributed by atoms with Crippen molar-refractivity contribution in [3.8, 4) is 28.4 Å². The molecule has 0 aliphatic carbocycles. The monoisotopic (exact) mass is 522 g/mol. The molecular formula is C30H35O6P. The molecule has 4 rings (SSSR count). The fourth-order valence-electron chi connectivity index (χ4n) is 4.81. The van der Waals surface area contributed by atoms with Crippen LogP contribution in [0.3, 0.4) is 0 Å². The lowest BCUT2D eigenvalue weighted by Crippen LogP contribution is -2.07. The first-order valence-electron chi connectivity index (χ1n) is 12.6. The first-order chi connectivity index (χ1) is 17.6. The van der Waals surface area contributed by atoms with Gasteiger partial charge in [0.15, 0.2) is 0 Å². The molecule has 1 N–H and O–H groups in total. The van der Waals surface area contributed by atoms with E-state index in [0.717, 1.165) is 40.0 Å². The Morgan fingerprint density at radius 1 is 1.03 bits per heavy atom. The number of ether oxygens (including phenoxy) is 3. The van der Waals surface area contributed by atoms with Crippen LogP contribution in [0.1, 0.15) is 41.0 Å². The minimum Gasteiger partial charge on any atom is -0.494 e. The first kappa shape index (κ1) is 26.8. The van der Waals surface area contributed by atoms with E-state index in [-0.39, 0.29) is 12.3 Å². The molecule has 0 radical (unpaired) electrons. The molecule has 1 unspecified atom stereocenters. The lowest BCUT2D eigenvalue weighted by molar-refractivity contribution is -0.137. The van der Waals surface area contributed by atoms with Gasteiger partial charge in [0.1, 0.15) is 23.9 Å². The van der Waals surface area contributed by atoms with Crippen molar-refractivity contribution in [3.63, 3.8) is 0 Å². The van der Waals surface area contributed by atoms with E-state index >= 15 is 0 Å². The Kier molecular flexibility index (Phi) is 8.29. The van der Waals surface area contributed by atoms with E-state index in [9.17, 15) is 9.36 Å². The van der Waals surface area contributed by atoms with Crippen LogP contribution in [0.5, 0.6) is 17.2 Å². The Hall–Kier alpha value is -3.24. The molecule has 37 heavy (non-hydrogen) atoms. The quantitative estimate of drug-likeness (QED) is 0.218. The summed E-state index contributed by atoms with van der Waals surface area (Å²) in [5, 5.41) is 9.09. The molecule has 0 amide bonds. The number of carboxylic acids is 1. The fourth-order valence-corrected chi connectivity index (χ4v) is 5.70. The van der Waals surface area contributed by atoms with E-state index in [1.54, 1.807) is 0 Å². The molecule has 3 aromatic rings. The van der Waals surface area contributed by atoms with E-state index in [0.29, 0.717) is 37.5 Å². The average Bonchev–Trinajstić information content (AvgIpc) is 3.21. The van der Waals surface area contributed by atoms with Crippen molar-refractivity contribution in [1.29, 1.82) is 0 Å². The van der Waals surface area contributed by atoms with E-state index in [2.05, 4.69) is 38.1 Å². The van der Waals surface area contributed by atoms with Gasteiger partial charge >= 0.3 is 5.97 Å². The number of rotatable bonds is 11. The number of carboxylic acid groups (broad SMARTS) is 1. The SMILES string of the molecule is Cc1cc(OCCCP(C)(C)=O)cc(C)c1-c1cccc(COc2ccc3c(c2)OCC3CC(=O)O)c1. The molecule has 1 aliphatic rings. The summed E-state index contributed by atoms with van der Waals surface area (Å²) in [6, 6.07) is 18.1. The Morgan fingerprint density at radius 3 is 2.49 bits per heavy atom. The molecule has 0 bridgehead atoms. The largest absolute Gasteiger partial charge is 0.494 e. The predicted octanol–water partition coefficient (Wildman–Crippen LogP) is 6.89. The van der Waals surface area contributed by atoms with Crippen molar-refractivity contribution in [2.75, 3.05) is 32.7 Å². The van der Waals surface area contributed by atoms with Gasteiger partial charge in [-0.05, 0) is 85.7 Å². The summed E-state index contributed by atoms with van der Waals surface area (Å²) in [5.41, 5.74) is 6.54. The summed E-state index contributed by atoms with van der Waals surface area (Å²) in [6.07, 6.45) is 1.54. The van der Waals surface area contributed by atoms with Crippen molar-refractivity contribution in [3.05, 3.63) is 76.9 Å². The molecule has 3 aromatic carbocycles. The Morgan fingerprint density at radius 2 is 1.78 bits per heavy atom. The van der Waals surface area contributed by atoms with Crippen LogP contribution in [0.15, 0.2) is 54.6 Å². The van der Waals surface area contributed by atoms with Gasteiger partial charge in [0.05, 0.1) is 26.8 Å². The molecule has 0 fully saturated rings. The molecule has 0 saturated heterocycles. The first-order valence-corrected chi connectivity index (χ1v) is 15.4. The van der Waals surface area contributed by atoms with Crippen LogP contribution in [0.2, 0.25) is 0 Å². The number of benzene rings is 3. The smallest absolute Gasteiger partial charge is 0.304 e. The Labute approximate surface area is 219 Å². The maximum atomic E-state index is 11.9. The third-order valence-electron chi connectivity index (χ3n) is 6.52. The molecular weight excluding hydrogens is 487 g/mol. The average molecular weight is 523 g/mol. The fraction of sp³-hybridized carbons (Fsp3) is 0.367. The lowest BCUT2D eigenvalue weighted by atomic mass is 9.94. The number of hydrogen-bond acceptors (Lipinski definition) is 5. The molecule has 1 aliphatic heterocycles. The van der Waals surface area contributed by atoms with Crippen LogP contribution in [0.4, 0.5) is 0 Å². The molecule has 6 nitrogen and oxygen atoms in total. The van der Waals surface area contributed by atoms with Crippen LogP contribution in [-0.4, -0.2) is 43.8 Å². The second kappa shape index (κ2) is 11.4. The van der Waals surface area contributed by atoms with Crippen molar-refractivity contribution in [2.45, 2.75) is 39.2 Å². The maximum Gasteiger partial charge on any atom is 0.304 e. The number of aryl methyl sites for hydroxylation is 2. The van der Waals surface area contributed by atoms with Gasteiger partial charge in [0, 0.05) is 23.7 Å². The summed E-state index contributed by atoms with van der Waals surface area (Å²) in [5.74, 6) is 1.29. The summed E-state index contributed by atoms with van der Waals surface area (Å²) >= 11 is 0. The lowest BCUT2D eigenvalue weighted by Gasteiger charge is -2.15. The molecule has 0 spiro atoms. The normalized spacial score (nSPS) is 14.6. The molecule has 0 aromatic heterocycles. The van der Waals surface area contributed by atoms with Gasteiger partial charge in [0.25, 0.3) is 0 Å². The zero-order valence-electron chi connectivity index (χ0n) is 22.0. The second-order valence-corrected chi connectivity index (χ2v) is 13.8. The van der Waals surface area contributed by atoms with E-state index in [1.807, 2.05) is 43.7 Å². The number of carbonyl (C=O) groups is 1.